The molecular formula is C29H33FN4O6S. The van der Waals surface area contributed by atoms with Gasteiger partial charge in [-0.1, -0.05) is 56.7 Å². The van der Waals surface area contributed by atoms with Gasteiger partial charge in [0.2, 0.25) is 11.8 Å². The number of benzene rings is 3. The standard InChI is InChI=1S/C29H33FN4O6S/c1-3-5-18-31-29(36)27(4-2)32(20-22-14-16-23(30)17-15-22)28(35)21-33(24-10-9-11-25(19-24)34(37)38)41(39,40)26-12-7-6-8-13-26/h6-17,19,27H,3-5,18,20-21H2,1-2H3,(H,31,36). The third-order valence-electron chi connectivity index (χ3n) is 6.42. The molecule has 1 unspecified atom stereocenters. The van der Waals surface area contributed by atoms with E-state index in [-0.39, 0.29) is 29.2 Å². The highest BCUT2D eigenvalue weighted by molar-refractivity contribution is 7.92. The first-order chi connectivity index (χ1) is 19.6. The van der Waals surface area contributed by atoms with Crippen molar-refractivity contribution in [2.75, 3.05) is 17.4 Å². The fraction of sp³-hybridized carbons (Fsp3) is 0.310. The summed E-state index contributed by atoms with van der Waals surface area (Å²) in [5, 5.41) is 14.3. The van der Waals surface area contributed by atoms with Gasteiger partial charge in [0.15, 0.2) is 0 Å². The van der Waals surface area contributed by atoms with Crippen molar-refractivity contribution in [3.63, 3.8) is 0 Å². The van der Waals surface area contributed by atoms with Crippen molar-refractivity contribution in [3.8, 4) is 0 Å². The normalized spacial score (nSPS) is 11.9. The number of nitro groups is 1. The molecule has 3 aromatic rings. The molecule has 0 aromatic heterocycles. The van der Waals surface area contributed by atoms with Gasteiger partial charge >= 0.3 is 0 Å². The number of hydrogen-bond donors (Lipinski definition) is 1. The van der Waals surface area contributed by atoms with Gasteiger partial charge in [0.25, 0.3) is 15.7 Å². The van der Waals surface area contributed by atoms with E-state index in [1.807, 2.05) is 6.92 Å². The van der Waals surface area contributed by atoms with Crippen molar-refractivity contribution in [2.45, 2.75) is 50.6 Å². The van der Waals surface area contributed by atoms with Crippen LogP contribution in [-0.4, -0.2) is 49.2 Å². The van der Waals surface area contributed by atoms with Crippen LogP contribution in [0.2, 0.25) is 0 Å². The van der Waals surface area contributed by atoms with Crippen molar-refractivity contribution >= 4 is 33.2 Å². The van der Waals surface area contributed by atoms with Crippen molar-refractivity contribution in [1.29, 1.82) is 0 Å². The van der Waals surface area contributed by atoms with Crippen molar-refractivity contribution in [3.05, 3.63) is 100 Å². The minimum atomic E-state index is -4.36. The second-order valence-electron chi connectivity index (χ2n) is 9.32. The first kappa shape index (κ1) is 31.2. The number of nitro benzene ring substituents is 1. The molecule has 0 fully saturated rings. The van der Waals surface area contributed by atoms with Gasteiger partial charge in [0.05, 0.1) is 15.5 Å². The maximum atomic E-state index is 14.0. The Labute approximate surface area is 239 Å². The van der Waals surface area contributed by atoms with Crippen LogP contribution in [0.25, 0.3) is 0 Å². The maximum absolute atomic E-state index is 14.0. The number of nitrogens with one attached hydrogen (secondary N) is 1. The molecule has 0 aliphatic carbocycles. The molecule has 2 amide bonds. The number of carbonyl (C=O) groups excluding carboxylic acids is 2. The molecule has 1 N–H and O–H groups in total. The number of halogens is 1. The molecule has 0 saturated carbocycles. The highest BCUT2D eigenvalue weighted by Crippen LogP contribution is 2.27. The Bertz CT molecular complexity index is 1450. The lowest BCUT2D eigenvalue weighted by Gasteiger charge is -2.33. The van der Waals surface area contributed by atoms with Crippen molar-refractivity contribution in [1.82, 2.24) is 10.2 Å². The topological polar surface area (TPSA) is 130 Å². The number of sulfonamides is 1. The molecule has 0 heterocycles. The molecule has 0 spiro atoms. The van der Waals surface area contributed by atoms with E-state index in [4.69, 9.17) is 0 Å². The minimum absolute atomic E-state index is 0.0846. The summed E-state index contributed by atoms with van der Waals surface area (Å²) in [6.45, 7) is 3.29. The predicted octanol–water partition coefficient (Wildman–Crippen LogP) is 4.65. The highest BCUT2D eigenvalue weighted by Gasteiger charge is 2.34. The van der Waals surface area contributed by atoms with Crippen LogP contribution >= 0.6 is 0 Å². The molecule has 1 atom stereocenters. The lowest BCUT2D eigenvalue weighted by Crippen LogP contribution is -2.52. The summed E-state index contributed by atoms with van der Waals surface area (Å²) in [4.78, 5) is 39.1. The minimum Gasteiger partial charge on any atom is -0.354 e. The summed E-state index contributed by atoms with van der Waals surface area (Å²) in [6.07, 6.45) is 1.82. The van der Waals surface area contributed by atoms with Gasteiger partial charge in [-0.25, -0.2) is 12.8 Å². The number of unbranched alkanes of at least 4 members (excludes halogenated alkanes) is 1. The van der Waals surface area contributed by atoms with Gasteiger partial charge in [0, 0.05) is 25.2 Å². The van der Waals surface area contributed by atoms with Gasteiger partial charge in [-0.05, 0) is 48.7 Å². The van der Waals surface area contributed by atoms with Gasteiger partial charge in [-0.3, -0.25) is 24.0 Å². The van der Waals surface area contributed by atoms with Crippen LogP contribution < -0.4 is 9.62 Å². The van der Waals surface area contributed by atoms with Crippen LogP contribution in [0, 0.1) is 15.9 Å². The molecular weight excluding hydrogens is 551 g/mol. The Hall–Kier alpha value is -4.32. The van der Waals surface area contributed by atoms with E-state index in [9.17, 15) is 32.5 Å². The summed E-state index contributed by atoms with van der Waals surface area (Å²) in [5.41, 5.74) is 0.0964. The molecule has 3 rings (SSSR count). The number of anilines is 1. The SMILES string of the molecule is CCCCNC(=O)C(CC)N(Cc1ccc(F)cc1)C(=O)CN(c1cccc([N+](=O)[O-])c1)S(=O)(=O)c1ccccc1. The smallest absolute Gasteiger partial charge is 0.271 e. The third-order valence-corrected chi connectivity index (χ3v) is 8.21. The number of hydrogen-bond acceptors (Lipinski definition) is 6. The van der Waals surface area contributed by atoms with E-state index in [2.05, 4.69) is 5.32 Å². The van der Waals surface area contributed by atoms with Crippen LogP contribution in [0.4, 0.5) is 15.8 Å². The monoisotopic (exact) mass is 584 g/mol. The lowest BCUT2D eigenvalue weighted by atomic mass is 10.1. The van der Waals surface area contributed by atoms with Gasteiger partial charge in [-0.2, -0.15) is 0 Å². The van der Waals surface area contributed by atoms with Crippen LogP contribution in [0.5, 0.6) is 0 Å². The molecule has 0 bridgehead atoms. The van der Waals surface area contributed by atoms with E-state index < -0.39 is 45.2 Å². The average Bonchev–Trinajstić information content (AvgIpc) is 2.97. The van der Waals surface area contributed by atoms with Gasteiger partial charge in [-0.15, -0.1) is 0 Å². The maximum Gasteiger partial charge on any atom is 0.271 e. The van der Waals surface area contributed by atoms with E-state index >= 15 is 0 Å². The van der Waals surface area contributed by atoms with E-state index in [0.29, 0.717) is 12.1 Å². The molecule has 0 radical (unpaired) electrons. The quantitative estimate of drug-likeness (QED) is 0.167. The molecule has 0 aliphatic rings. The summed E-state index contributed by atoms with van der Waals surface area (Å²) < 4.78 is 41.9. The molecule has 10 nitrogen and oxygen atoms in total. The molecule has 0 aliphatic heterocycles. The Balaban J connectivity index is 2.06. The van der Waals surface area contributed by atoms with Crippen LogP contribution in [0.1, 0.15) is 38.7 Å². The zero-order chi connectivity index (χ0) is 30.0. The Morgan fingerprint density at radius 2 is 1.68 bits per heavy atom. The molecule has 218 valence electrons. The Kier molecular flexibility index (Phi) is 10.9. The molecule has 12 heteroatoms. The molecule has 3 aromatic carbocycles. The van der Waals surface area contributed by atoms with E-state index in [0.717, 1.165) is 23.2 Å². The largest absolute Gasteiger partial charge is 0.354 e. The summed E-state index contributed by atoms with van der Waals surface area (Å²) in [5.74, 6) is -1.58. The van der Waals surface area contributed by atoms with Crippen LogP contribution in [-0.2, 0) is 26.2 Å². The fourth-order valence-corrected chi connectivity index (χ4v) is 5.65. The zero-order valence-corrected chi connectivity index (χ0v) is 23.7. The Morgan fingerprint density at radius 1 is 1.00 bits per heavy atom. The molecule has 0 saturated heterocycles. The Morgan fingerprint density at radius 3 is 2.29 bits per heavy atom. The number of nitrogens with zero attached hydrogens (tertiary/aromatic N) is 3. The number of amides is 2. The van der Waals surface area contributed by atoms with Crippen molar-refractivity contribution in [2.24, 2.45) is 0 Å². The van der Waals surface area contributed by atoms with Gasteiger partial charge < -0.3 is 10.2 Å². The first-order valence-corrected chi connectivity index (χ1v) is 14.7. The molecule has 41 heavy (non-hydrogen) atoms. The third kappa shape index (κ3) is 8.10. The average molecular weight is 585 g/mol. The predicted molar refractivity (Wildman–Crippen MR) is 153 cm³/mol. The van der Waals surface area contributed by atoms with Crippen LogP contribution in [0.3, 0.4) is 0 Å². The second-order valence-corrected chi connectivity index (χ2v) is 11.2. The second kappa shape index (κ2) is 14.4. The summed E-state index contributed by atoms with van der Waals surface area (Å²) in [7, 11) is -4.36. The number of rotatable bonds is 14. The summed E-state index contributed by atoms with van der Waals surface area (Å²) >= 11 is 0. The number of carbonyl (C=O) groups is 2. The first-order valence-electron chi connectivity index (χ1n) is 13.2. The van der Waals surface area contributed by atoms with Crippen molar-refractivity contribution < 1.29 is 27.3 Å². The zero-order valence-electron chi connectivity index (χ0n) is 22.9. The highest BCUT2D eigenvalue weighted by atomic mass is 32.2. The van der Waals surface area contributed by atoms with Crippen LogP contribution in [0.15, 0.2) is 83.8 Å². The summed E-state index contributed by atoms with van der Waals surface area (Å²) in [6, 6.07) is 16.9. The number of non-ortho nitro benzene ring substituents is 1. The lowest BCUT2D eigenvalue weighted by molar-refractivity contribution is -0.384. The van der Waals surface area contributed by atoms with Gasteiger partial charge in [0.1, 0.15) is 18.4 Å². The van der Waals surface area contributed by atoms with E-state index in [1.54, 1.807) is 13.0 Å². The van der Waals surface area contributed by atoms with E-state index in [1.165, 1.54) is 71.6 Å². The fourth-order valence-electron chi connectivity index (χ4n) is 4.22.